The van der Waals surface area contributed by atoms with E-state index in [1.165, 1.54) is 0 Å². The minimum atomic E-state index is -0.812. The van der Waals surface area contributed by atoms with Crippen LogP contribution in [0.4, 0.5) is 0 Å². The van der Waals surface area contributed by atoms with E-state index in [2.05, 4.69) is 0 Å². The van der Waals surface area contributed by atoms with Crippen molar-refractivity contribution in [3.05, 3.63) is 34.3 Å². The second kappa shape index (κ2) is 5.61. The molecule has 1 unspecified atom stereocenters. The first-order valence-corrected chi connectivity index (χ1v) is 6.62. The summed E-state index contributed by atoms with van der Waals surface area (Å²) in [5.74, 6) is -0.878. The van der Waals surface area contributed by atoms with Crippen LogP contribution in [0.1, 0.15) is 28.8 Å². The van der Waals surface area contributed by atoms with Crippen molar-refractivity contribution in [1.82, 2.24) is 4.90 Å². The molecule has 19 heavy (non-hydrogen) atoms. The lowest BCUT2D eigenvalue weighted by atomic mass is 10.1. The summed E-state index contributed by atoms with van der Waals surface area (Å²) >= 11 is 6.08. The maximum atomic E-state index is 12.3. The highest BCUT2D eigenvalue weighted by atomic mass is 35.5. The molecule has 0 bridgehead atoms. The molecule has 1 aliphatic heterocycles. The highest BCUT2D eigenvalue weighted by molar-refractivity contribution is 6.33. The van der Waals surface area contributed by atoms with Gasteiger partial charge in [0.05, 0.1) is 10.6 Å². The van der Waals surface area contributed by atoms with Gasteiger partial charge in [-0.1, -0.05) is 17.7 Å². The van der Waals surface area contributed by atoms with Crippen molar-refractivity contribution >= 4 is 23.5 Å². The number of carboxylic acid groups (broad SMARTS) is 1. The smallest absolute Gasteiger partial charge is 0.303 e. The Morgan fingerprint density at radius 2 is 2.21 bits per heavy atom. The summed E-state index contributed by atoms with van der Waals surface area (Å²) < 4.78 is 0. The second-order valence-corrected chi connectivity index (χ2v) is 5.39. The molecule has 0 radical (unpaired) electrons. The first-order chi connectivity index (χ1) is 8.97. The number of amides is 1. The van der Waals surface area contributed by atoms with Crippen LogP contribution in [0.5, 0.6) is 0 Å². The Morgan fingerprint density at radius 3 is 2.84 bits per heavy atom. The molecule has 102 valence electrons. The number of aryl methyl sites for hydroxylation is 1. The third-order valence-corrected chi connectivity index (χ3v) is 3.70. The SMILES string of the molecule is Cc1ccc(C(=O)N2CCC(CC(=O)O)C2)c(Cl)c1. The molecule has 2 rings (SSSR count). The van der Waals surface area contributed by atoms with E-state index in [4.69, 9.17) is 16.7 Å². The van der Waals surface area contributed by atoms with Gasteiger partial charge < -0.3 is 10.0 Å². The van der Waals surface area contributed by atoms with Gasteiger partial charge in [0, 0.05) is 19.5 Å². The summed E-state index contributed by atoms with van der Waals surface area (Å²) in [6, 6.07) is 5.34. The maximum Gasteiger partial charge on any atom is 0.303 e. The van der Waals surface area contributed by atoms with E-state index in [9.17, 15) is 9.59 Å². The van der Waals surface area contributed by atoms with Crippen LogP contribution in [0, 0.1) is 12.8 Å². The van der Waals surface area contributed by atoms with Crippen molar-refractivity contribution in [2.75, 3.05) is 13.1 Å². The molecule has 1 saturated heterocycles. The highest BCUT2D eigenvalue weighted by Crippen LogP contribution is 2.24. The van der Waals surface area contributed by atoms with Gasteiger partial charge >= 0.3 is 5.97 Å². The predicted molar refractivity (Wildman–Crippen MR) is 72.5 cm³/mol. The first kappa shape index (κ1) is 13.9. The van der Waals surface area contributed by atoms with Crippen LogP contribution < -0.4 is 0 Å². The maximum absolute atomic E-state index is 12.3. The summed E-state index contributed by atoms with van der Waals surface area (Å²) in [7, 11) is 0. The van der Waals surface area contributed by atoms with Crippen molar-refractivity contribution < 1.29 is 14.7 Å². The van der Waals surface area contributed by atoms with Gasteiger partial charge in [-0.15, -0.1) is 0 Å². The number of likely N-dealkylation sites (tertiary alicyclic amines) is 1. The topological polar surface area (TPSA) is 57.6 Å². The van der Waals surface area contributed by atoms with Gasteiger partial charge in [-0.3, -0.25) is 9.59 Å². The lowest BCUT2D eigenvalue weighted by Gasteiger charge is -2.17. The van der Waals surface area contributed by atoms with Crippen LogP contribution in [0.25, 0.3) is 0 Å². The summed E-state index contributed by atoms with van der Waals surface area (Å²) in [5, 5.41) is 9.22. The number of halogens is 1. The number of carbonyl (C=O) groups is 2. The molecule has 1 heterocycles. The quantitative estimate of drug-likeness (QED) is 0.926. The number of benzene rings is 1. The van der Waals surface area contributed by atoms with E-state index in [0.29, 0.717) is 23.7 Å². The number of hydrogen-bond acceptors (Lipinski definition) is 2. The van der Waals surface area contributed by atoms with Crippen LogP contribution in [0.3, 0.4) is 0 Å². The fourth-order valence-corrected chi connectivity index (χ4v) is 2.71. The average molecular weight is 282 g/mol. The fraction of sp³-hybridized carbons (Fsp3) is 0.429. The Kier molecular flexibility index (Phi) is 4.10. The van der Waals surface area contributed by atoms with E-state index in [1.54, 1.807) is 17.0 Å². The molecule has 5 heteroatoms. The van der Waals surface area contributed by atoms with Crippen molar-refractivity contribution in [2.24, 2.45) is 5.92 Å². The minimum absolute atomic E-state index is 0.0469. The zero-order valence-corrected chi connectivity index (χ0v) is 11.5. The molecule has 0 aliphatic carbocycles. The van der Waals surface area contributed by atoms with Gasteiger partial charge in [-0.05, 0) is 37.0 Å². The number of rotatable bonds is 3. The number of carbonyl (C=O) groups excluding carboxylic acids is 1. The summed E-state index contributed by atoms with van der Waals surface area (Å²) in [6.45, 7) is 3.01. The molecule has 1 aliphatic rings. The third kappa shape index (κ3) is 3.26. The van der Waals surface area contributed by atoms with E-state index in [-0.39, 0.29) is 18.2 Å². The third-order valence-electron chi connectivity index (χ3n) is 3.39. The standard InChI is InChI=1S/C14H16ClNO3/c1-9-2-3-11(12(15)6-9)14(19)16-5-4-10(8-16)7-13(17)18/h2-3,6,10H,4-5,7-8H2,1H3,(H,17,18). The Balaban J connectivity index is 2.07. The number of aliphatic carboxylic acids is 1. The molecule has 0 aromatic heterocycles. The molecule has 1 atom stereocenters. The molecule has 0 spiro atoms. The van der Waals surface area contributed by atoms with E-state index >= 15 is 0 Å². The Labute approximate surface area is 117 Å². The van der Waals surface area contributed by atoms with Gasteiger partial charge in [-0.2, -0.15) is 0 Å². The second-order valence-electron chi connectivity index (χ2n) is 4.99. The van der Waals surface area contributed by atoms with E-state index < -0.39 is 5.97 Å². The molecular weight excluding hydrogens is 266 g/mol. The molecule has 1 fully saturated rings. The van der Waals surface area contributed by atoms with Crippen LogP contribution in [-0.2, 0) is 4.79 Å². The highest BCUT2D eigenvalue weighted by Gasteiger charge is 2.29. The summed E-state index contributed by atoms with van der Waals surface area (Å²) in [5.41, 5.74) is 1.50. The zero-order chi connectivity index (χ0) is 14.0. The van der Waals surface area contributed by atoms with E-state index in [1.807, 2.05) is 13.0 Å². The normalized spacial score (nSPS) is 18.6. The van der Waals surface area contributed by atoms with Gasteiger partial charge in [-0.25, -0.2) is 0 Å². The molecule has 1 amide bonds. The lowest BCUT2D eigenvalue weighted by molar-refractivity contribution is -0.138. The van der Waals surface area contributed by atoms with Gasteiger partial charge in [0.1, 0.15) is 0 Å². The fourth-order valence-electron chi connectivity index (χ4n) is 2.39. The van der Waals surface area contributed by atoms with Crippen molar-refractivity contribution in [1.29, 1.82) is 0 Å². The minimum Gasteiger partial charge on any atom is -0.481 e. The molecule has 1 aromatic carbocycles. The Morgan fingerprint density at radius 1 is 1.47 bits per heavy atom. The summed E-state index contributed by atoms with van der Waals surface area (Å²) in [6.07, 6.45) is 0.854. The van der Waals surface area contributed by atoms with Crippen molar-refractivity contribution in [3.8, 4) is 0 Å². The lowest BCUT2D eigenvalue weighted by Crippen LogP contribution is -2.29. The summed E-state index contributed by atoms with van der Waals surface area (Å²) in [4.78, 5) is 24.7. The number of hydrogen-bond donors (Lipinski definition) is 1. The Bertz CT molecular complexity index is 515. The van der Waals surface area contributed by atoms with Crippen LogP contribution in [0.2, 0.25) is 5.02 Å². The van der Waals surface area contributed by atoms with Gasteiger partial charge in [0.15, 0.2) is 0 Å². The van der Waals surface area contributed by atoms with Crippen LogP contribution in [0.15, 0.2) is 18.2 Å². The van der Waals surface area contributed by atoms with E-state index in [0.717, 1.165) is 12.0 Å². The first-order valence-electron chi connectivity index (χ1n) is 6.24. The Hall–Kier alpha value is -1.55. The number of carboxylic acids is 1. The number of nitrogens with zero attached hydrogens (tertiary/aromatic N) is 1. The molecular formula is C14H16ClNO3. The monoisotopic (exact) mass is 281 g/mol. The van der Waals surface area contributed by atoms with Crippen LogP contribution in [-0.4, -0.2) is 35.0 Å². The predicted octanol–water partition coefficient (Wildman–Crippen LogP) is 2.59. The largest absolute Gasteiger partial charge is 0.481 e. The zero-order valence-electron chi connectivity index (χ0n) is 10.7. The van der Waals surface area contributed by atoms with Gasteiger partial charge in [0.2, 0.25) is 0 Å². The van der Waals surface area contributed by atoms with Crippen molar-refractivity contribution in [3.63, 3.8) is 0 Å². The van der Waals surface area contributed by atoms with Crippen LogP contribution >= 0.6 is 11.6 Å². The van der Waals surface area contributed by atoms with Gasteiger partial charge in [0.25, 0.3) is 5.91 Å². The molecule has 1 N–H and O–H groups in total. The molecule has 1 aromatic rings. The van der Waals surface area contributed by atoms with Crippen molar-refractivity contribution in [2.45, 2.75) is 19.8 Å². The molecule has 0 saturated carbocycles. The molecule has 4 nitrogen and oxygen atoms in total. The average Bonchev–Trinajstić information content (AvgIpc) is 2.75.